The molecule has 6 heteroatoms. The van der Waals surface area contributed by atoms with Crippen LogP contribution in [0.15, 0.2) is 17.1 Å². The molecule has 0 fully saturated rings. The summed E-state index contributed by atoms with van der Waals surface area (Å²) in [6.07, 6.45) is 1.76. The van der Waals surface area contributed by atoms with Gasteiger partial charge in [0.1, 0.15) is 5.56 Å². The summed E-state index contributed by atoms with van der Waals surface area (Å²) in [5, 5.41) is 9.76. The van der Waals surface area contributed by atoms with Crippen LogP contribution in [0, 0.1) is 0 Å². The largest absolute Gasteiger partial charge is 0.477 e. The average Bonchev–Trinajstić information content (AvgIpc) is 2.32. The van der Waals surface area contributed by atoms with Gasteiger partial charge in [-0.2, -0.15) is 0 Å². The summed E-state index contributed by atoms with van der Waals surface area (Å²) in [6, 6.07) is 1.39. The molecule has 1 aromatic heterocycles. The summed E-state index contributed by atoms with van der Waals surface area (Å²) >= 11 is 12.0. The van der Waals surface area contributed by atoms with E-state index in [1.807, 2.05) is 6.92 Å². The molecule has 0 saturated heterocycles. The van der Waals surface area contributed by atoms with Crippen LogP contribution in [0.1, 0.15) is 22.8 Å². The molecule has 0 aliphatic carbocycles. The Morgan fingerprint density at radius 1 is 1.44 bits per heavy atom. The first kappa shape index (κ1) is 12.9. The number of nitrogens with one attached hydrogen (secondary N) is 1. The molecule has 2 N–H and O–H groups in total. The number of benzene rings is 1. The van der Waals surface area contributed by atoms with Crippen molar-refractivity contribution < 1.29 is 9.90 Å². The Morgan fingerprint density at radius 2 is 2.11 bits per heavy atom. The number of aromatic amines is 1. The molecule has 0 spiro atoms. The number of aromatic carboxylic acids is 1. The van der Waals surface area contributed by atoms with Gasteiger partial charge in [0, 0.05) is 11.6 Å². The molecule has 0 amide bonds. The van der Waals surface area contributed by atoms with E-state index in [2.05, 4.69) is 4.98 Å². The number of hydrogen-bond acceptors (Lipinski definition) is 2. The fourth-order valence-electron chi connectivity index (χ4n) is 1.87. The lowest BCUT2D eigenvalue weighted by atomic mass is 10.1. The number of fused-ring (bicyclic) bond motifs is 1. The van der Waals surface area contributed by atoms with Crippen molar-refractivity contribution in [1.29, 1.82) is 0 Å². The van der Waals surface area contributed by atoms with Crippen molar-refractivity contribution in [2.45, 2.75) is 13.3 Å². The highest BCUT2D eigenvalue weighted by Gasteiger charge is 2.16. The van der Waals surface area contributed by atoms with Crippen molar-refractivity contribution in [3.05, 3.63) is 43.7 Å². The first-order chi connectivity index (χ1) is 8.47. The summed E-state index contributed by atoms with van der Waals surface area (Å²) in [4.78, 5) is 25.7. The van der Waals surface area contributed by atoms with E-state index in [1.54, 1.807) is 0 Å². The Bertz CT molecular complexity index is 707. The second kappa shape index (κ2) is 4.63. The van der Waals surface area contributed by atoms with E-state index in [1.165, 1.54) is 12.3 Å². The molecular formula is C12H9Cl2NO3. The number of carboxylic acids is 1. The van der Waals surface area contributed by atoms with E-state index >= 15 is 0 Å². The van der Waals surface area contributed by atoms with Crippen LogP contribution in [0.4, 0.5) is 0 Å². The van der Waals surface area contributed by atoms with Crippen LogP contribution in [0.3, 0.4) is 0 Å². The zero-order valence-electron chi connectivity index (χ0n) is 9.38. The second-order valence-corrected chi connectivity index (χ2v) is 4.55. The first-order valence-corrected chi connectivity index (χ1v) is 5.98. The van der Waals surface area contributed by atoms with Gasteiger partial charge >= 0.3 is 5.97 Å². The number of pyridine rings is 1. The van der Waals surface area contributed by atoms with Crippen LogP contribution in [-0.2, 0) is 6.42 Å². The third-order valence-corrected chi connectivity index (χ3v) is 3.58. The normalized spacial score (nSPS) is 10.8. The molecular weight excluding hydrogens is 277 g/mol. The molecule has 0 aliphatic rings. The van der Waals surface area contributed by atoms with E-state index in [9.17, 15) is 9.59 Å². The summed E-state index contributed by atoms with van der Waals surface area (Å²) in [7, 11) is 0. The highest BCUT2D eigenvalue weighted by Crippen LogP contribution is 2.31. The number of carbonyl (C=O) groups is 1. The number of hydrogen-bond donors (Lipinski definition) is 2. The Kier molecular flexibility index (Phi) is 3.32. The smallest absolute Gasteiger partial charge is 0.341 e. The highest BCUT2D eigenvalue weighted by atomic mass is 35.5. The predicted octanol–water partition coefficient (Wildman–Crippen LogP) is 3.10. The maximum absolute atomic E-state index is 12.0. The van der Waals surface area contributed by atoms with Crippen molar-refractivity contribution >= 4 is 40.1 Å². The van der Waals surface area contributed by atoms with Gasteiger partial charge in [0.15, 0.2) is 0 Å². The lowest BCUT2D eigenvalue weighted by Gasteiger charge is -2.09. The molecule has 94 valence electrons. The van der Waals surface area contributed by atoms with Crippen LogP contribution in [0.2, 0.25) is 10.0 Å². The minimum absolute atomic E-state index is 0.237. The average molecular weight is 286 g/mol. The number of carboxylic acid groups (broad SMARTS) is 1. The van der Waals surface area contributed by atoms with E-state index in [0.717, 1.165) is 0 Å². The maximum atomic E-state index is 12.0. The zero-order valence-corrected chi connectivity index (χ0v) is 10.9. The Morgan fingerprint density at radius 3 is 2.67 bits per heavy atom. The van der Waals surface area contributed by atoms with Gasteiger partial charge in [-0.1, -0.05) is 30.1 Å². The van der Waals surface area contributed by atoms with Crippen LogP contribution < -0.4 is 5.43 Å². The van der Waals surface area contributed by atoms with Gasteiger partial charge in [-0.05, 0) is 18.1 Å². The fourth-order valence-corrected chi connectivity index (χ4v) is 2.37. The van der Waals surface area contributed by atoms with Crippen LogP contribution >= 0.6 is 23.2 Å². The van der Waals surface area contributed by atoms with Gasteiger partial charge < -0.3 is 10.1 Å². The van der Waals surface area contributed by atoms with Gasteiger partial charge in [-0.15, -0.1) is 0 Å². The van der Waals surface area contributed by atoms with Gasteiger partial charge in [0.2, 0.25) is 5.43 Å². The predicted molar refractivity (Wildman–Crippen MR) is 70.9 cm³/mol. The number of H-pyrrole nitrogens is 1. The van der Waals surface area contributed by atoms with Crippen molar-refractivity contribution in [2.24, 2.45) is 0 Å². The van der Waals surface area contributed by atoms with E-state index < -0.39 is 11.4 Å². The Balaban J connectivity index is 2.97. The molecule has 1 heterocycles. The molecule has 0 bridgehead atoms. The number of aryl methyl sites for hydroxylation is 1. The quantitative estimate of drug-likeness (QED) is 0.891. The number of halogens is 2. The lowest BCUT2D eigenvalue weighted by Crippen LogP contribution is -2.16. The Labute approximate surface area is 112 Å². The topological polar surface area (TPSA) is 70.2 Å². The summed E-state index contributed by atoms with van der Waals surface area (Å²) in [5.74, 6) is -1.28. The molecule has 4 nitrogen and oxygen atoms in total. The van der Waals surface area contributed by atoms with Gasteiger partial charge in [0.25, 0.3) is 0 Å². The SMILES string of the molecule is CCc1c(Cl)c(Cl)cc2c(=O)c(C(=O)O)c[nH]c12. The molecule has 1 aromatic carbocycles. The second-order valence-electron chi connectivity index (χ2n) is 3.76. The van der Waals surface area contributed by atoms with Crippen molar-refractivity contribution in [2.75, 3.05) is 0 Å². The molecule has 0 aliphatic heterocycles. The van der Waals surface area contributed by atoms with Gasteiger partial charge in [-0.25, -0.2) is 4.79 Å². The zero-order chi connectivity index (χ0) is 13.4. The summed E-state index contributed by atoms with van der Waals surface area (Å²) in [6.45, 7) is 1.88. The molecule has 2 rings (SSSR count). The first-order valence-electron chi connectivity index (χ1n) is 5.23. The molecule has 0 saturated carbocycles. The van der Waals surface area contributed by atoms with Crippen molar-refractivity contribution in [3.63, 3.8) is 0 Å². The molecule has 0 atom stereocenters. The van der Waals surface area contributed by atoms with Gasteiger partial charge in [0.05, 0.1) is 15.6 Å². The molecule has 2 aromatic rings. The van der Waals surface area contributed by atoms with Crippen LogP contribution in [0.25, 0.3) is 10.9 Å². The van der Waals surface area contributed by atoms with Crippen LogP contribution in [-0.4, -0.2) is 16.1 Å². The summed E-state index contributed by atoms with van der Waals surface area (Å²) in [5.41, 5.74) is 0.350. The number of rotatable bonds is 2. The van der Waals surface area contributed by atoms with Crippen molar-refractivity contribution in [3.8, 4) is 0 Å². The van der Waals surface area contributed by atoms with Crippen molar-refractivity contribution in [1.82, 2.24) is 4.98 Å². The van der Waals surface area contributed by atoms with E-state index in [0.29, 0.717) is 22.5 Å². The van der Waals surface area contributed by atoms with E-state index in [-0.39, 0.29) is 16.0 Å². The van der Waals surface area contributed by atoms with E-state index in [4.69, 9.17) is 28.3 Å². The third kappa shape index (κ3) is 1.87. The minimum Gasteiger partial charge on any atom is -0.477 e. The highest BCUT2D eigenvalue weighted by molar-refractivity contribution is 6.43. The number of aromatic nitrogens is 1. The van der Waals surface area contributed by atoms with Crippen LogP contribution in [0.5, 0.6) is 0 Å². The maximum Gasteiger partial charge on any atom is 0.341 e. The fraction of sp³-hybridized carbons (Fsp3) is 0.167. The standard InChI is InChI=1S/C12H9Cl2NO3/c1-2-5-9(14)8(13)3-6-10(5)15-4-7(11(6)16)12(17)18/h3-4H,2H2,1H3,(H,15,16)(H,17,18). The Hall–Kier alpha value is -1.52. The minimum atomic E-state index is -1.28. The molecule has 0 radical (unpaired) electrons. The monoisotopic (exact) mass is 285 g/mol. The third-order valence-electron chi connectivity index (χ3n) is 2.75. The molecule has 0 unspecified atom stereocenters. The molecule has 18 heavy (non-hydrogen) atoms. The summed E-state index contributed by atoms with van der Waals surface area (Å²) < 4.78 is 0. The van der Waals surface area contributed by atoms with Gasteiger partial charge in [-0.3, -0.25) is 4.79 Å². The lowest BCUT2D eigenvalue weighted by molar-refractivity contribution is 0.0695.